The van der Waals surface area contributed by atoms with E-state index in [0.29, 0.717) is 17.5 Å². The van der Waals surface area contributed by atoms with Crippen molar-refractivity contribution >= 4 is 17.5 Å². The van der Waals surface area contributed by atoms with Gasteiger partial charge in [-0.25, -0.2) is 14.6 Å². The molecule has 7 heteroatoms. The lowest BCUT2D eigenvalue weighted by Gasteiger charge is -2.06. The molecule has 2 aromatic heterocycles. The Kier molecular flexibility index (Phi) is 4.57. The SMILES string of the molecule is Clc1ccccc1-c1ccnc(NCc2cn(-c3ccccc3)nn2)n1. The summed E-state index contributed by atoms with van der Waals surface area (Å²) >= 11 is 6.24. The van der Waals surface area contributed by atoms with E-state index in [0.717, 1.165) is 22.6 Å². The van der Waals surface area contributed by atoms with Gasteiger partial charge in [0.25, 0.3) is 0 Å². The van der Waals surface area contributed by atoms with Gasteiger partial charge in [-0.3, -0.25) is 0 Å². The molecule has 4 aromatic rings. The van der Waals surface area contributed by atoms with Crippen molar-refractivity contribution in [1.82, 2.24) is 25.0 Å². The summed E-state index contributed by atoms with van der Waals surface area (Å²) in [5.74, 6) is 0.511. The summed E-state index contributed by atoms with van der Waals surface area (Å²) in [5.41, 5.74) is 3.39. The molecule has 0 radical (unpaired) electrons. The Morgan fingerprint density at radius 3 is 2.62 bits per heavy atom. The second kappa shape index (κ2) is 7.33. The van der Waals surface area contributed by atoms with Gasteiger partial charge in [-0.2, -0.15) is 0 Å². The van der Waals surface area contributed by atoms with Crippen molar-refractivity contribution in [2.45, 2.75) is 6.54 Å². The number of para-hydroxylation sites is 1. The molecule has 2 heterocycles. The fourth-order valence-corrected chi connectivity index (χ4v) is 2.75. The molecule has 26 heavy (non-hydrogen) atoms. The molecule has 0 unspecified atom stereocenters. The summed E-state index contributed by atoms with van der Waals surface area (Å²) in [6, 6.07) is 19.3. The molecule has 0 saturated carbocycles. The molecule has 0 aliphatic rings. The number of nitrogens with zero attached hydrogens (tertiary/aromatic N) is 5. The number of benzene rings is 2. The minimum absolute atomic E-state index is 0.471. The number of hydrogen-bond donors (Lipinski definition) is 1. The van der Waals surface area contributed by atoms with Crippen molar-refractivity contribution in [2.24, 2.45) is 0 Å². The van der Waals surface area contributed by atoms with Crippen LogP contribution < -0.4 is 5.32 Å². The number of aromatic nitrogens is 5. The normalized spacial score (nSPS) is 10.7. The summed E-state index contributed by atoms with van der Waals surface area (Å²) in [7, 11) is 0. The summed E-state index contributed by atoms with van der Waals surface area (Å²) in [6.45, 7) is 0.471. The monoisotopic (exact) mass is 362 g/mol. The molecule has 0 aliphatic carbocycles. The van der Waals surface area contributed by atoms with Gasteiger partial charge in [0.2, 0.25) is 5.95 Å². The number of rotatable bonds is 5. The van der Waals surface area contributed by atoms with Gasteiger partial charge in [0.15, 0.2) is 0 Å². The van der Waals surface area contributed by atoms with E-state index in [-0.39, 0.29) is 0 Å². The lowest BCUT2D eigenvalue weighted by atomic mass is 10.1. The van der Waals surface area contributed by atoms with E-state index in [1.807, 2.05) is 66.9 Å². The molecule has 128 valence electrons. The van der Waals surface area contributed by atoms with Crippen molar-refractivity contribution in [3.05, 3.63) is 83.8 Å². The molecular formula is C19H15ClN6. The molecule has 0 aliphatic heterocycles. The first kappa shape index (κ1) is 16.2. The van der Waals surface area contributed by atoms with Crippen molar-refractivity contribution < 1.29 is 0 Å². The van der Waals surface area contributed by atoms with Crippen molar-refractivity contribution in [1.29, 1.82) is 0 Å². The van der Waals surface area contributed by atoms with Crippen molar-refractivity contribution in [2.75, 3.05) is 5.32 Å². The molecule has 0 spiro atoms. The van der Waals surface area contributed by atoms with Crippen LogP contribution in [-0.4, -0.2) is 25.0 Å². The van der Waals surface area contributed by atoms with E-state index in [2.05, 4.69) is 25.6 Å². The molecule has 1 N–H and O–H groups in total. The molecule has 0 amide bonds. The third-order valence-corrected chi connectivity index (χ3v) is 4.12. The average molecular weight is 363 g/mol. The first-order valence-electron chi connectivity index (χ1n) is 8.08. The Morgan fingerprint density at radius 1 is 0.962 bits per heavy atom. The molecular weight excluding hydrogens is 348 g/mol. The maximum Gasteiger partial charge on any atom is 0.223 e. The highest BCUT2D eigenvalue weighted by Gasteiger charge is 2.07. The van der Waals surface area contributed by atoms with Gasteiger partial charge in [0.05, 0.1) is 24.1 Å². The van der Waals surface area contributed by atoms with Crippen LogP contribution in [-0.2, 0) is 6.54 Å². The minimum atomic E-state index is 0.471. The second-order valence-electron chi connectivity index (χ2n) is 5.59. The standard InChI is InChI=1S/C19H15ClN6/c20-17-9-5-4-8-16(17)18-10-11-21-19(23-18)22-12-14-13-26(25-24-14)15-6-2-1-3-7-15/h1-11,13H,12H2,(H,21,22,23). The minimum Gasteiger partial charge on any atom is -0.348 e. The summed E-state index contributed by atoms with van der Waals surface area (Å²) in [6.07, 6.45) is 3.58. The Bertz CT molecular complexity index is 1020. The van der Waals surface area contributed by atoms with Gasteiger partial charge in [-0.1, -0.05) is 53.2 Å². The van der Waals surface area contributed by atoms with Crippen LogP contribution in [0.3, 0.4) is 0 Å². The number of nitrogens with one attached hydrogen (secondary N) is 1. The van der Waals surface area contributed by atoms with Crippen molar-refractivity contribution in [3.63, 3.8) is 0 Å². The molecule has 0 atom stereocenters. The van der Waals surface area contributed by atoms with Gasteiger partial charge in [-0.15, -0.1) is 5.10 Å². The van der Waals surface area contributed by atoms with Crippen LogP contribution in [0.1, 0.15) is 5.69 Å². The first-order chi connectivity index (χ1) is 12.8. The van der Waals surface area contributed by atoms with Crippen molar-refractivity contribution in [3.8, 4) is 16.9 Å². The number of anilines is 1. The highest BCUT2D eigenvalue weighted by atomic mass is 35.5. The van der Waals surface area contributed by atoms with Gasteiger partial charge < -0.3 is 5.32 Å². The maximum atomic E-state index is 6.24. The van der Waals surface area contributed by atoms with E-state index < -0.39 is 0 Å². The average Bonchev–Trinajstić information content (AvgIpc) is 3.17. The maximum absolute atomic E-state index is 6.24. The summed E-state index contributed by atoms with van der Waals surface area (Å²) in [5, 5.41) is 12.1. The predicted octanol–water partition coefficient (Wildman–Crippen LogP) is 3.99. The molecule has 2 aromatic carbocycles. The van der Waals surface area contributed by atoms with E-state index in [4.69, 9.17) is 11.6 Å². The lowest BCUT2D eigenvalue weighted by molar-refractivity contribution is 0.798. The smallest absolute Gasteiger partial charge is 0.223 e. The molecule has 0 fully saturated rings. The van der Waals surface area contributed by atoms with Crippen LogP contribution in [0.25, 0.3) is 16.9 Å². The largest absolute Gasteiger partial charge is 0.348 e. The summed E-state index contributed by atoms with van der Waals surface area (Å²) < 4.78 is 1.73. The Hall–Kier alpha value is -3.25. The highest BCUT2D eigenvalue weighted by Crippen LogP contribution is 2.26. The topological polar surface area (TPSA) is 68.5 Å². The molecule has 0 bridgehead atoms. The zero-order valence-electron chi connectivity index (χ0n) is 13.7. The quantitative estimate of drug-likeness (QED) is 0.581. The third-order valence-electron chi connectivity index (χ3n) is 3.79. The Labute approximate surface area is 155 Å². The van der Waals surface area contributed by atoms with Crippen LogP contribution in [0.4, 0.5) is 5.95 Å². The Morgan fingerprint density at radius 2 is 1.77 bits per heavy atom. The van der Waals surface area contributed by atoms with E-state index in [1.54, 1.807) is 10.9 Å². The summed E-state index contributed by atoms with van der Waals surface area (Å²) in [4.78, 5) is 8.78. The van der Waals surface area contributed by atoms with Crippen LogP contribution in [0.5, 0.6) is 0 Å². The molecule has 4 rings (SSSR count). The van der Waals surface area contributed by atoms with E-state index >= 15 is 0 Å². The fraction of sp³-hybridized carbons (Fsp3) is 0.0526. The highest BCUT2D eigenvalue weighted by molar-refractivity contribution is 6.33. The van der Waals surface area contributed by atoms with Gasteiger partial charge >= 0.3 is 0 Å². The number of halogens is 1. The fourth-order valence-electron chi connectivity index (χ4n) is 2.52. The van der Waals surface area contributed by atoms with Gasteiger partial charge in [0, 0.05) is 16.8 Å². The zero-order valence-corrected chi connectivity index (χ0v) is 14.5. The zero-order chi connectivity index (χ0) is 17.8. The van der Waals surface area contributed by atoms with E-state index in [1.165, 1.54) is 0 Å². The van der Waals surface area contributed by atoms with Crippen LogP contribution in [0, 0.1) is 0 Å². The molecule has 6 nitrogen and oxygen atoms in total. The molecule has 0 saturated heterocycles. The third kappa shape index (κ3) is 3.55. The van der Waals surface area contributed by atoms with Gasteiger partial charge in [0.1, 0.15) is 5.69 Å². The van der Waals surface area contributed by atoms with Gasteiger partial charge in [-0.05, 0) is 24.3 Å². The Balaban J connectivity index is 1.48. The number of hydrogen-bond acceptors (Lipinski definition) is 5. The predicted molar refractivity (Wildman–Crippen MR) is 101 cm³/mol. The van der Waals surface area contributed by atoms with E-state index in [9.17, 15) is 0 Å². The lowest BCUT2D eigenvalue weighted by Crippen LogP contribution is -2.04. The van der Waals surface area contributed by atoms with Crippen LogP contribution >= 0.6 is 11.6 Å². The van der Waals surface area contributed by atoms with Crippen LogP contribution in [0.2, 0.25) is 5.02 Å². The second-order valence-corrected chi connectivity index (χ2v) is 6.00. The van der Waals surface area contributed by atoms with Crippen LogP contribution in [0.15, 0.2) is 73.1 Å². The first-order valence-corrected chi connectivity index (χ1v) is 8.46.